The SMILES string of the molecule is CCC(Oc1ccc(/C=C2/SC(=S)N(CCc3ccccc3)C2=O)cc1OC)C(=O)O. The Balaban J connectivity index is 1.74. The van der Waals surface area contributed by atoms with Crippen LogP contribution in [0.4, 0.5) is 0 Å². The van der Waals surface area contributed by atoms with E-state index >= 15 is 0 Å². The molecule has 1 amide bonds. The van der Waals surface area contributed by atoms with E-state index in [0.29, 0.717) is 33.7 Å². The van der Waals surface area contributed by atoms with Crippen LogP contribution in [0.15, 0.2) is 53.4 Å². The lowest BCUT2D eigenvalue weighted by Crippen LogP contribution is -2.30. The Labute approximate surface area is 190 Å². The molecule has 2 aromatic carbocycles. The zero-order valence-electron chi connectivity index (χ0n) is 17.2. The van der Waals surface area contributed by atoms with Crippen LogP contribution in [0, 0.1) is 0 Å². The van der Waals surface area contributed by atoms with Crippen LogP contribution in [0.3, 0.4) is 0 Å². The molecular formula is C23H23NO5S2. The van der Waals surface area contributed by atoms with Gasteiger partial charge < -0.3 is 14.6 Å². The van der Waals surface area contributed by atoms with Crippen molar-refractivity contribution in [2.45, 2.75) is 25.9 Å². The van der Waals surface area contributed by atoms with Crippen LogP contribution in [0.25, 0.3) is 6.08 Å². The van der Waals surface area contributed by atoms with Gasteiger partial charge in [-0.1, -0.05) is 67.3 Å². The summed E-state index contributed by atoms with van der Waals surface area (Å²) in [6.45, 7) is 2.26. The minimum Gasteiger partial charge on any atom is -0.493 e. The number of hydrogen-bond acceptors (Lipinski definition) is 6. The van der Waals surface area contributed by atoms with Gasteiger partial charge >= 0.3 is 5.97 Å². The lowest BCUT2D eigenvalue weighted by Gasteiger charge is -2.16. The lowest BCUT2D eigenvalue weighted by molar-refractivity contribution is -0.145. The van der Waals surface area contributed by atoms with E-state index in [4.69, 9.17) is 21.7 Å². The molecule has 1 aliphatic rings. The van der Waals surface area contributed by atoms with Crippen molar-refractivity contribution in [1.29, 1.82) is 0 Å². The molecule has 162 valence electrons. The van der Waals surface area contributed by atoms with Gasteiger partial charge in [0.15, 0.2) is 17.6 Å². The Morgan fingerprint density at radius 1 is 1.23 bits per heavy atom. The van der Waals surface area contributed by atoms with Crippen LogP contribution in [0.5, 0.6) is 11.5 Å². The number of carbonyl (C=O) groups is 2. The first-order valence-corrected chi connectivity index (χ1v) is 11.0. The molecule has 1 saturated heterocycles. The minimum atomic E-state index is -1.03. The van der Waals surface area contributed by atoms with Gasteiger partial charge in [0.2, 0.25) is 0 Å². The number of carboxylic acids is 1. The van der Waals surface area contributed by atoms with Crippen molar-refractivity contribution in [3.05, 3.63) is 64.6 Å². The van der Waals surface area contributed by atoms with Crippen molar-refractivity contribution < 1.29 is 24.2 Å². The first kappa shape index (κ1) is 22.8. The van der Waals surface area contributed by atoms with E-state index < -0.39 is 12.1 Å². The third kappa shape index (κ3) is 5.65. The largest absolute Gasteiger partial charge is 0.493 e. The normalized spacial score (nSPS) is 15.9. The fourth-order valence-electron chi connectivity index (χ4n) is 3.06. The molecule has 0 aliphatic carbocycles. The fourth-order valence-corrected chi connectivity index (χ4v) is 4.37. The molecule has 6 nitrogen and oxygen atoms in total. The maximum atomic E-state index is 12.9. The quantitative estimate of drug-likeness (QED) is 0.442. The molecule has 2 aromatic rings. The molecule has 0 spiro atoms. The molecule has 1 unspecified atom stereocenters. The molecule has 31 heavy (non-hydrogen) atoms. The maximum absolute atomic E-state index is 12.9. The first-order valence-electron chi connectivity index (χ1n) is 9.79. The standard InChI is InChI=1S/C23H23NO5S2/c1-3-17(22(26)27)29-18-10-9-16(13-19(18)28-2)14-20-21(25)24(23(30)31-20)12-11-15-7-5-4-6-8-15/h4-10,13-14,17H,3,11-12H2,1-2H3,(H,26,27)/b20-14+. The number of amides is 1. The van der Waals surface area contributed by atoms with Gasteiger partial charge in [0.1, 0.15) is 4.32 Å². The van der Waals surface area contributed by atoms with Crippen LogP contribution in [0.1, 0.15) is 24.5 Å². The van der Waals surface area contributed by atoms with Crippen molar-refractivity contribution in [3.8, 4) is 11.5 Å². The van der Waals surface area contributed by atoms with Crippen LogP contribution >= 0.6 is 24.0 Å². The third-order valence-corrected chi connectivity index (χ3v) is 6.12. The van der Waals surface area contributed by atoms with Crippen molar-refractivity contribution in [2.75, 3.05) is 13.7 Å². The maximum Gasteiger partial charge on any atom is 0.344 e. The van der Waals surface area contributed by atoms with E-state index in [1.54, 1.807) is 36.1 Å². The van der Waals surface area contributed by atoms with E-state index in [1.165, 1.54) is 18.9 Å². The highest BCUT2D eigenvalue weighted by Crippen LogP contribution is 2.35. The summed E-state index contributed by atoms with van der Waals surface area (Å²) in [6.07, 6.45) is 1.84. The summed E-state index contributed by atoms with van der Waals surface area (Å²) >= 11 is 6.67. The van der Waals surface area contributed by atoms with Gasteiger partial charge in [0.25, 0.3) is 5.91 Å². The van der Waals surface area contributed by atoms with Gasteiger partial charge in [-0.05, 0) is 42.2 Å². The molecule has 1 atom stereocenters. The van der Waals surface area contributed by atoms with Gasteiger partial charge in [-0.15, -0.1) is 0 Å². The number of carboxylic acid groups (broad SMARTS) is 1. The molecule has 0 bridgehead atoms. The number of carbonyl (C=O) groups excluding carboxylic acids is 1. The molecule has 1 N–H and O–H groups in total. The Hall–Kier alpha value is -2.84. The molecule has 1 aliphatic heterocycles. The number of thioether (sulfide) groups is 1. The number of aliphatic carboxylic acids is 1. The van der Waals surface area contributed by atoms with Gasteiger partial charge in [-0.25, -0.2) is 4.79 Å². The van der Waals surface area contributed by atoms with Crippen molar-refractivity contribution in [3.63, 3.8) is 0 Å². The van der Waals surface area contributed by atoms with Gasteiger partial charge in [-0.2, -0.15) is 0 Å². The third-order valence-electron chi connectivity index (χ3n) is 4.74. The molecular weight excluding hydrogens is 434 g/mol. The fraction of sp³-hybridized carbons (Fsp3) is 0.261. The zero-order chi connectivity index (χ0) is 22.4. The summed E-state index contributed by atoms with van der Waals surface area (Å²) in [6, 6.07) is 15.1. The molecule has 0 aromatic heterocycles. The van der Waals surface area contributed by atoms with E-state index in [-0.39, 0.29) is 5.91 Å². The second kappa shape index (κ2) is 10.5. The number of thiocarbonyl (C=S) groups is 1. The van der Waals surface area contributed by atoms with E-state index in [2.05, 4.69) is 0 Å². The van der Waals surface area contributed by atoms with Crippen LogP contribution in [0.2, 0.25) is 0 Å². The highest BCUT2D eigenvalue weighted by molar-refractivity contribution is 8.26. The zero-order valence-corrected chi connectivity index (χ0v) is 18.9. The number of rotatable bonds is 9. The highest BCUT2D eigenvalue weighted by Gasteiger charge is 2.31. The number of hydrogen-bond donors (Lipinski definition) is 1. The Morgan fingerprint density at radius 3 is 2.61 bits per heavy atom. The second-order valence-electron chi connectivity index (χ2n) is 6.83. The van der Waals surface area contributed by atoms with Gasteiger partial charge in [0, 0.05) is 6.54 Å². The van der Waals surface area contributed by atoms with E-state index in [9.17, 15) is 14.7 Å². The monoisotopic (exact) mass is 457 g/mol. The summed E-state index contributed by atoms with van der Waals surface area (Å²) in [5, 5.41) is 9.21. The van der Waals surface area contributed by atoms with E-state index in [0.717, 1.165) is 17.5 Å². The summed E-state index contributed by atoms with van der Waals surface area (Å²) in [7, 11) is 1.48. The highest BCUT2D eigenvalue weighted by atomic mass is 32.2. The second-order valence-corrected chi connectivity index (χ2v) is 8.51. The topological polar surface area (TPSA) is 76.1 Å². The molecule has 8 heteroatoms. The molecule has 3 rings (SSSR count). The predicted molar refractivity (Wildman–Crippen MR) is 125 cm³/mol. The van der Waals surface area contributed by atoms with Crippen molar-refractivity contribution in [2.24, 2.45) is 0 Å². The minimum absolute atomic E-state index is 0.123. The van der Waals surface area contributed by atoms with Gasteiger partial charge in [0.05, 0.1) is 12.0 Å². The average molecular weight is 458 g/mol. The number of ether oxygens (including phenoxy) is 2. The average Bonchev–Trinajstić information content (AvgIpc) is 3.03. The Morgan fingerprint density at radius 2 is 1.97 bits per heavy atom. The summed E-state index contributed by atoms with van der Waals surface area (Å²) in [4.78, 5) is 26.2. The summed E-state index contributed by atoms with van der Waals surface area (Å²) < 4.78 is 11.4. The Bertz CT molecular complexity index is 1010. The lowest BCUT2D eigenvalue weighted by atomic mass is 10.1. The summed E-state index contributed by atoms with van der Waals surface area (Å²) in [5.74, 6) is -0.424. The Kier molecular flexibility index (Phi) is 7.70. The smallest absolute Gasteiger partial charge is 0.344 e. The van der Waals surface area contributed by atoms with Crippen molar-refractivity contribution >= 4 is 46.3 Å². The molecule has 0 saturated carbocycles. The van der Waals surface area contributed by atoms with Crippen LogP contribution in [-0.4, -0.2) is 46.0 Å². The molecule has 1 fully saturated rings. The van der Waals surface area contributed by atoms with Crippen LogP contribution in [-0.2, 0) is 16.0 Å². The summed E-state index contributed by atoms with van der Waals surface area (Å²) in [5.41, 5.74) is 1.88. The first-order chi connectivity index (χ1) is 14.9. The number of methoxy groups -OCH3 is 1. The van der Waals surface area contributed by atoms with Crippen molar-refractivity contribution in [1.82, 2.24) is 4.90 Å². The number of benzene rings is 2. The number of nitrogens with zero attached hydrogens (tertiary/aromatic N) is 1. The molecule has 1 heterocycles. The predicted octanol–water partition coefficient (Wildman–Crippen LogP) is 4.38. The van der Waals surface area contributed by atoms with Gasteiger partial charge in [-0.3, -0.25) is 9.69 Å². The van der Waals surface area contributed by atoms with E-state index in [1.807, 2.05) is 30.3 Å². The molecule has 0 radical (unpaired) electrons. The van der Waals surface area contributed by atoms with Crippen LogP contribution < -0.4 is 9.47 Å².